The highest BCUT2D eigenvalue weighted by Crippen LogP contribution is 2.34. The van der Waals surface area contributed by atoms with E-state index < -0.39 is 0 Å². The molecule has 6 saturated heterocycles. The Morgan fingerprint density at radius 3 is 1.02 bits per heavy atom. The topological polar surface area (TPSA) is 82.3 Å². The van der Waals surface area contributed by atoms with Crippen molar-refractivity contribution in [3.8, 4) is 0 Å². The SMILES string of the molecule is Cc1nc(N2CC[N+]3(CC2)CC[N+]2(CCNCC2)CC3)c(N)c(N2CC[N+]3(CC2)CC[N+]2(CCNCC2)CC3)n1.Cl.Cl.[Cl-].[Cl-].[Cl-].[Cl-]. The largest absolute Gasteiger partial charge is 1.00 e. The molecule has 0 radical (unpaired) electrons. The molecule has 7 heterocycles. The Kier molecular flexibility index (Phi) is 17.0. The summed E-state index contributed by atoms with van der Waals surface area (Å²) in [6.45, 7) is 31.9. The van der Waals surface area contributed by atoms with Crippen LogP contribution in [0.25, 0.3) is 0 Å². The molecular formula is C29H57Cl6N11. The minimum atomic E-state index is 0. The van der Waals surface area contributed by atoms with Crippen molar-refractivity contribution in [3.05, 3.63) is 5.82 Å². The van der Waals surface area contributed by atoms with Crippen LogP contribution >= 0.6 is 24.8 Å². The molecule has 17 heteroatoms. The summed E-state index contributed by atoms with van der Waals surface area (Å²) in [4.78, 5) is 14.8. The zero-order valence-electron chi connectivity index (χ0n) is 27.5. The number of rotatable bonds is 2. The lowest BCUT2D eigenvalue weighted by atomic mass is 10.1. The van der Waals surface area contributed by atoms with Gasteiger partial charge in [0.15, 0.2) is 11.6 Å². The van der Waals surface area contributed by atoms with Crippen LogP contribution in [0.5, 0.6) is 0 Å². The Labute approximate surface area is 314 Å². The molecule has 0 aliphatic carbocycles. The van der Waals surface area contributed by atoms with Crippen LogP contribution in [0.1, 0.15) is 5.82 Å². The van der Waals surface area contributed by atoms with Gasteiger partial charge in [-0.15, -0.1) is 24.8 Å². The molecule has 4 spiro atoms. The van der Waals surface area contributed by atoms with Gasteiger partial charge in [-0.25, -0.2) is 9.97 Å². The van der Waals surface area contributed by atoms with E-state index in [9.17, 15) is 0 Å². The van der Waals surface area contributed by atoms with Gasteiger partial charge in [0.1, 0.15) is 63.9 Å². The van der Waals surface area contributed by atoms with Gasteiger partial charge < -0.3 is 93.7 Å². The summed E-state index contributed by atoms with van der Waals surface area (Å²) >= 11 is 0. The van der Waals surface area contributed by atoms with Gasteiger partial charge in [0.2, 0.25) is 0 Å². The van der Waals surface area contributed by atoms with E-state index in [-0.39, 0.29) is 74.4 Å². The van der Waals surface area contributed by atoms with E-state index in [0.29, 0.717) is 0 Å². The fourth-order valence-corrected chi connectivity index (χ4v) is 8.91. The standard InChI is InChI=1S/C29H55N11.6ClH/c1-26-33-28(35-6-14-39(15-7-35)22-18-37(19-23-39)10-2-31-3-11-37)27(30)29(34-26)36-8-16-40(17-9-36)24-20-38(21-25-40)12-4-32-5-13-38;;;;;;/h31-32H,2-25,30H2,1H3;6*1H/q+4;;;;;;/p-4. The van der Waals surface area contributed by atoms with Gasteiger partial charge in [0.05, 0.1) is 78.5 Å². The monoisotopic (exact) mass is 769 g/mol. The second kappa shape index (κ2) is 17.8. The summed E-state index contributed by atoms with van der Waals surface area (Å²) < 4.78 is 5.30. The van der Waals surface area contributed by atoms with E-state index in [2.05, 4.69) is 20.4 Å². The maximum Gasteiger partial charge on any atom is 0.158 e. The number of hydrogen-bond donors (Lipinski definition) is 3. The van der Waals surface area contributed by atoms with Crippen molar-refractivity contribution in [3.63, 3.8) is 0 Å². The second-order valence-corrected chi connectivity index (χ2v) is 14.3. The van der Waals surface area contributed by atoms with E-state index in [4.69, 9.17) is 15.7 Å². The fraction of sp³-hybridized carbons (Fsp3) is 0.862. The van der Waals surface area contributed by atoms with Gasteiger partial charge in [-0.2, -0.15) is 0 Å². The van der Waals surface area contributed by atoms with Crippen LogP contribution in [0, 0.1) is 6.92 Å². The molecule has 0 atom stereocenters. The summed E-state index contributed by atoms with van der Waals surface area (Å²) in [5.74, 6) is 2.83. The molecule has 1 aromatic heterocycles. The lowest BCUT2D eigenvalue weighted by molar-refractivity contribution is -1.03. The third-order valence-electron chi connectivity index (χ3n) is 12.2. The summed E-state index contributed by atoms with van der Waals surface area (Å²) in [5, 5.41) is 7.11. The molecule has 0 bridgehead atoms. The van der Waals surface area contributed by atoms with Crippen molar-refractivity contribution >= 4 is 42.1 Å². The Hall–Kier alpha value is -0.0200. The lowest BCUT2D eigenvalue weighted by Crippen LogP contribution is -3.00. The molecule has 270 valence electrons. The Morgan fingerprint density at radius 1 is 0.478 bits per heavy atom. The number of anilines is 3. The minimum Gasteiger partial charge on any atom is -1.00 e. The smallest absolute Gasteiger partial charge is 0.158 e. The Balaban J connectivity index is 0.00000176. The molecule has 0 saturated carbocycles. The van der Waals surface area contributed by atoms with Crippen LogP contribution in [0.4, 0.5) is 17.3 Å². The molecule has 7 rings (SSSR count). The molecule has 1 aromatic rings. The summed E-state index contributed by atoms with van der Waals surface area (Å²) in [5.41, 5.74) is 7.71. The van der Waals surface area contributed by atoms with Crippen molar-refractivity contribution in [2.75, 3.05) is 173 Å². The molecule has 6 fully saturated rings. The summed E-state index contributed by atoms with van der Waals surface area (Å²) in [6, 6.07) is 0. The van der Waals surface area contributed by atoms with Crippen molar-refractivity contribution < 1.29 is 67.6 Å². The number of quaternary nitrogens is 4. The lowest BCUT2D eigenvalue weighted by Gasteiger charge is -2.53. The van der Waals surface area contributed by atoms with E-state index >= 15 is 0 Å². The molecule has 6 aliphatic heterocycles. The zero-order chi connectivity index (χ0) is 27.3. The average molecular weight is 773 g/mol. The predicted octanol–water partition coefficient (Wildman–Crippen LogP) is -12.6. The quantitative estimate of drug-likeness (QED) is 0.258. The number of aromatic nitrogens is 2. The van der Waals surface area contributed by atoms with E-state index in [0.717, 1.165) is 49.3 Å². The van der Waals surface area contributed by atoms with Gasteiger partial charge in [-0.05, 0) is 6.92 Å². The highest BCUT2D eigenvalue weighted by molar-refractivity contribution is 5.85. The van der Waals surface area contributed by atoms with Gasteiger partial charge in [0.25, 0.3) is 0 Å². The Bertz CT molecular complexity index is 971. The van der Waals surface area contributed by atoms with Gasteiger partial charge >= 0.3 is 0 Å². The van der Waals surface area contributed by atoms with Crippen LogP contribution in [0.3, 0.4) is 0 Å². The first kappa shape index (κ1) is 44.0. The van der Waals surface area contributed by atoms with Crippen molar-refractivity contribution in [2.24, 2.45) is 0 Å². The first-order valence-corrected chi connectivity index (χ1v) is 16.4. The number of hydrogen-bond acceptors (Lipinski definition) is 7. The normalized spacial score (nSPS) is 25.5. The van der Waals surface area contributed by atoms with Crippen LogP contribution in [0.2, 0.25) is 0 Å². The van der Waals surface area contributed by atoms with Crippen molar-refractivity contribution in [1.82, 2.24) is 20.6 Å². The predicted molar refractivity (Wildman–Crippen MR) is 175 cm³/mol. The van der Waals surface area contributed by atoms with E-state index in [1.807, 2.05) is 6.92 Å². The molecule has 6 aliphatic rings. The molecular weight excluding hydrogens is 715 g/mol. The molecule has 0 amide bonds. The third kappa shape index (κ3) is 8.82. The first-order valence-electron chi connectivity index (χ1n) is 16.4. The molecule has 0 unspecified atom stereocenters. The minimum absolute atomic E-state index is 0. The highest BCUT2D eigenvalue weighted by atomic mass is 35.5. The first-order chi connectivity index (χ1) is 19.4. The number of aryl methyl sites for hydroxylation is 1. The maximum absolute atomic E-state index is 6.91. The average Bonchev–Trinajstić information content (AvgIpc) is 3.00. The number of piperazine rings is 6. The summed E-state index contributed by atoms with van der Waals surface area (Å²) in [6.07, 6.45) is 0. The third-order valence-corrected chi connectivity index (χ3v) is 12.2. The van der Waals surface area contributed by atoms with Crippen molar-refractivity contribution in [2.45, 2.75) is 6.92 Å². The second-order valence-electron chi connectivity index (χ2n) is 14.3. The number of nitrogen functional groups attached to an aromatic ring is 1. The fourth-order valence-electron chi connectivity index (χ4n) is 8.91. The number of nitrogens with two attached hydrogens (primary N) is 1. The van der Waals surface area contributed by atoms with E-state index in [1.54, 1.807) is 0 Å². The van der Waals surface area contributed by atoms with E-state index in [1.165, 1.54) is 149 Å². The van der Waals surface area contributed by atoms with Crippen LogP contribution in [0.15, 0.2) is 0 Å². The highest BCUT2D eigenvalue weighted by Gasteiger charge is 2.46. The molecule has 4 N–H and O–H groups in total. The maximum atomic E-state index is 6.91. The van der Waals surface area contributed by atoms with Gasteiger partial charge in [-0.3, -0.25) is 0 Å². The summed E-state index contributed by atoms with van der Waals surface area (Å²) in [7, 11) is 0. The Morgan fingerprint density at radius 2 is 0.739 bits per heavy atom. The molecule has 0 aromatic carbocycles. The van der Waals surface area contributed by atoms with Gasteiger partial charge in [0, 0.05) is 26.2 Å². The number of nitrogens with zero attached hydrogens (tertiary/aromatic N) is 8. The molecule has 11 nitrogen and oxygen atoms in total. The van der Waals surface area contributed by atoms with Gasteiger partial charge in [-0.1, -0.05) is 0 Å². The van der Waals surface area contributed by atoms with Crippen LogP contribution in [-0.2, 0) is 0 Å². The zero-order valence-corrected chi connectivity index (χ0v) is 32.1. The number of nitrogens with one attached hydrogen (secondary N) is 2. The van der Waals surface area contributed by atoms with Crippen LogP contribution in [-0.4, -0.2) is 185 Å². The van der Waals surface area contributed by atoms with Crippen LogP contribution < -0.4 is 75.8 Å². The number of halogens is 6. The molecule has 46 heavy (non-hydrogen) atoms. The van der Waals surface area contributed by atoms with Crippen molar-refractivity contribution in [1.29, 1.82) is 0 Å².